The molecule has 0 fully saturated rings. The van der Waals surface area contributed by atoms with Gasteiger partial charge in [0.1, 0.15) is 18.1 Å². The van der Waals surface area contributed by atoms with E-state index in [4.69, 9.17) is 4.74 Å². The van der Waals surface area contributed by atoms with Gasteiger partial charge in [0.2, 0.25) is 0 Å². The van der Waals surface area contributed by atoms with E-state index in [9.17, 15) is 9.90 Å². The van der Waals surface area contributed by atoms with Crippen LogP contribution in [0.25, 0.3) is 5.57 Å². The van der Waals surface area contributed by atoms with E-state index >= 15 is 0 Å². The highest BCUT2D eigenvalue weighted by Gasteiger charge is 2.38. The number of carbonyl (C=O) groups excluding carboxylic acids is 1. The fourth-order valence-electron chi connectivity index (χ4n) is 3.70. The zero-order valence-electron chi connectivity index (χ0n) is 17.5. The second kappa shape index (κ2) is 8.33. The van der Waals surface area contributed by atoms with Gasteiger partial charge in [-0.1, -0.05) is 13.2 Å². The maximum absolute atomic E-state index is 11.1. The molecule has 0 bridgehead atoms. The average Bonchev–Trinajstić information content (AvgIpc) is 2.68. The highest BCUT2D eigenvalue weighted by atomic mass is 16.5. The number of aliphatic hydroxyl groups excluding tert-OH is 1. The van der Waals surface area contributed by atoms with Crippen LogP contribution in [0, 0.1) is 0 Å². The summed E-state index contributed by atoms with van der Waals surface area (Å²) in [6, 6.07) is 4.22. The van der Waals surface area contributed by atoms with Crippen molar-refractivity contribution in [3.8, 4) is 5.75 Å². The van der Waals surface area contributed by atoms with Crippen LogP contribution >= 0.6 is 0 Å². The van der Waals surface area contributed by atoms with Crippen LogP contribution in [0.5, 0.6) is 5.75 Å². The molecule has 29 heavy (non-hydrogen) atoms. The topological polar surface area (TPSA) is 71.0 Å². The Hall–Kier alpha value is -2.73. The summed E-state index contributed by atoms with van der Waals surface area (Å²) in [5.74, 6) is 0.656. The lowest BCUT2D eigenvalue weighted by Gasteiger charge is -2.46. The van der Waals surface area contributed by atoms with Gasteiger partial charge in [-0.2, -0.15) is 0 Å². The van der Waals surface area contributed by atoms with Gasteiger partial charge in [0.15, 0.2) is 0 Å². The molecular formula is C23H30N2O4. The number of carbonyl (C=O) groups is 1. The van der Waals surface area contributed by atoms with Crippen molar-refractivity contribution in [2.24, 2.45) is 0 Å². The van der Waals surface area contributed by atoms with Crippen molar-refractivity contribution >= 4 is 17.2 Å². The van der Waals surface area contributed by atoms with Gasteiger partial charge < -0.3 is 24.8 Å². The fourth-order valence-corrected chi connectivity index (χ4v) is 3.70. The van der Waals surface area contributed by atoms with Crippen molar-refractivity contribution in [2.75, 3.05) is 31.7 Å². The zero-order valence-corrected chi connectivity index (χ0v) is 17.5. The molecule has 2 N–H and O–H groups in total. The van der Waals surface area contributed by atoms with E-state index in [1.54, 1.807) is 0 Å². The normalized spacial score (nSPS) is 16.6. The molecule has 2 aliphatic heterocycles. The molecule has 0 unspecified atom stereocenters. The van der Waals surface area contributed by atoms with Gasteiger partial charge in [0.05, 0.1) is 24.8 Å². The Bertz CT molecular complexity index is 870. The Morgan fingerprint density at radius 3 is 2.83 bits per heavy atom. The molecule has 0 radical (unpaired) electrons. The third kappa shape index (κ3) is 4.32. The number of ether oxygens (including phenoxy) is 2. The Kier molecular flexibility index (Phi) is 6.03. The minimum Gasteiger partial charge on any atom is -0.508 e. The Morgan fingerprint density at radius 2 is 2.14 bits per heavy atom. The Morgan fingerprint density at radius 1 is 1.38 bits per heavy atom. The van der Waals surface area contributed by atoms with E-state index < -0.39 is 0 Å². The molecule has 2 heterocycles. The molecule has 0 saturated carbocycles. The van der Waals surface area contributed by atoms with Crippen LogP contribution in [0.1, 0.15) is 37.8 Å². The largest absolute Gasteiger partial charge is 0.508 e. The predicted molar refractivity (Wildman–Crippen MR) is 115 cm³/mol. The lowest BCUT2D eigenvalue weighted by Crippen LogP contribution is -2.50. The summed E-state index contributed by atoms with van der Waals surface area (Å²) in [4.78, 5) is 13.3. The summed E-state index contributed by atoms with van der Waals surface area (Å²) in [5.41, 5.74) is 4.28. The van der Waals surface area contributed by atoms with Crippen molar-refractivity contribution in [1.82, 2.24) is 5.32 Å². The third-order valence-electron chi connectivity index (χ3n) is 5.38. The predicted octanol–water partition coefficient (Wildman–Crippen LogP) is 3.73. The van der Waals surface area contributed by atoms with Crippen LogP contribution in [0.2, 0.25) is 0 Å². The average molecular weight is 399 g/mol. The Labute approximate surface area is 172 Å². The van der Waals surface area contributed by atoms with Gasteiger partial charge in [0, 0.05) is 23.9 Å². The first kappa shape index (κ1) is 21.0. The van der Waals surface area contributed by atoms with E-state index in [0.29, 0.717) is 25.1 Å². The van der Waals surface area contributed by atoms with Crippen molar-refractivity contribution in [3.05, 3.63) is 53.9 Å². The molecule has 0 aliphatic carbocycles. The van der Waals surface area contributed by atoms with Crippen LogP contribution in [-0.2, 0) is 16.0 Å². The second-order valence-corrected chi connectivity index (χ2v) is 8.11. The van der Waals surface area contributed by atoms with Crippen molar-refractivity contribution in [3.63, 3.8) is 0 Å². The molecule has 6 nitrogen and oxygen atoms in total. The number of anilines is 1. The van der Waals surface area contributed by atoms with Gasteiger partial charge in [0.25, 0.3) is 0 Å². The van der Waals surface area contributed by atoms with E-state index in [0.717, 1.165) is 47.5 Å². The second-order valence-electron chi connectivity index (χ2n) is 8.11. The van der Waals surface area contributed by atoms with Crippen LogP contribution in [0.4, 0.5) is 5.69 Å². The maximum Gasteiger partial charge on any atom is 0.306 e. The number of nitrogens with one attached hydrogen (secondary N) is 1. The number of aryl methyl sites for hydroxylation is 1. The molecular weight excluding hydrogens is 368 g/mol. The van der Waals surface area contributed by atoms with E-state index in [1.165, 1.54) is 7.11 Å². The lowest BCUT2D eigenvalue weighted by molar-refractivity contribution is -0.140. The first-order chi connectivity index (χ1) is 13.7. The molecule has 0 spiro atoms. The maximum atomic E-state index is 11.1. The Balaban J connectivity index is 1.76. The fraction of sp³-hybridized carbons (Fsp3) is 0.435. The molecule has 0 amide bonds. The van der Waals surface area contributed by atoms with Gasteiger partial charge in [-0.25, -0.2) is 0 Å². The molecule has 1 aromatic rings. The van der Waals surface area contributed by atoms with Gasteiger partial charge >= 0.3 is 5.97 Å². The quantitative estimate of drug-likeness (QED) is 0.395. The minimum atomic E-state index is -0.242. The number of aliphatic hydroxyl groups is 1. The van der Waals surface area contributed by atoms with Gasteiger partial charge in [-0.15, -0.1) is 0 Å². The summed E-state index contributed by atoms with van der Waals surface area (Å²) in [6.45, 7) is 14.1. The van der Waals surface area contributed by atoms with Crippen molar-refractivity contribution in [1.29, 1.82) is 0 Å². The number of methoxy groups -OCH3 is 1. The smallest absolute Gasteiger partial charge is 0.306 e. The molecule has 0 atom stereocenters. The molecule has 1 aromatic carbocycles. The number of allylic oxidation sites excluding steroid dienone is 1. The molecule has 6 heteroatoms. The first-order valence-electron chi connectivity index (χ1n) is 9.91. The minimum absolute atomic E-state index is 0.0182. The molecule has 0 saturated heterocycles. The van der Waals surface area contributed by atoms with E-state index in [2.05, 4.69) is 54.1 Å². The highest BCUT2D eigenvalue weighted by molar-refractivity contribution is 5.94. The third-order valence-corrected chi connectivity index (χ3v) is 5.38. The molecule has 3 rings (SSSR count). The van der Waals surface area contributed by atoms with Crippen LogP contribution in [0.3, 0.4) is 0 Å². The number of benzene rings is 1. The standard InChI is InChI=1S/C23H30N2O4/c1-15-18-11-17(7-6-9-24-10-8-21(27)28-5)12-20-22(18)25(13-19(15)16(2)26)23(3,4)14-29-20/h11-13,24,26H,1-2,6-10,14H2,3-5H3. The number of hydrogen-bond acceptors (Lipinski definition) is 6. The van der Waals surface area contributed by atoms with Gasteiger partial charge in [-0.05, 0) is 56.5 Å². The summed E-state index contributed by atoms with van der Waals surface area (Å²) < 4.78 is 10.7. The van der Waals surface area contributed by atoms with Crippen molar-refractivity contribution < 1.29 is 19.4 Å². The van der Waals surface area contributed by atoms with Crippen LogP contribution in [-0.4, -0.2) is 43.4 Å². The first-order valence-corrected chi connectivity index (χ1v) is 9.91. The molecule has 2 aliphatic rings. The van der Waals surface area contributed by atoms with Gasteiger partial charge in [-0.3, -0.25) is 4.79 Å². The number of nitrogens with zero attached hydrogens (tertiary/aromatic N) is 1. The van der Waals surface area contributed by atoms with E-state index in [1.807, 2.05) is 6.20 Å². The summed E-state index contributed by atoms with van der Waals surface area (Å²) >= 11 is 0. The van der Waals surface area contributed by atoms with Crippen LogP contribution in [0.15, 0.2) is 42.8 Å². The zero-order chi connectivity index (χ0) is 21.2. The molecule has 156 valence electrons. The number of rotatable bonds is 8. The highest BCUT2D eigenvalue weighted by Crippen LogP contribution is 2.49. The SMILES string of the molecule is C=C(O)C1=CN2c3c(cc(CCCNCCC(=O)OC)cc3C1=C)OCC2(C)C. The summed E-state index contributed by atoms with van der Waals surface area (Å²) in [6.07, 6.45) is 4.09. The number of hydrogen-bond donors (Lipinski definition) is 2. The molecule has 0 aromatic heterocycles. The van der Waals surface area contributed by atoms with E-state index in [-0.39, 0.29) is 17.3 Å². The summed E-state index contributed by atoms with van der Waals surface area (Å²) in [5, 5.41) is 13.3. The van der Waals surface area contributed by atoms with Crippen molar-refractivity contribution in [2.45, 2.75) is 38.6 Å². The lowest BCUT2D eigenvalue weighted by atomic mass is 9.87. The van der Waals surface area contributed by atoms with Crippen LogP contribution < -0.4 is 15.0 Å². The monoisotopic (exact) mass is 398 g/mol. The summed E-state index contributed by atoms with van der Waals surface area (Å²) in [7, 11) is 1.40. The number of esters is 1.